The van der Waals surface area contributed by atoms with Crippen LogP contribution in [0.2, 0.25) is 0 Å². The average molecular weight is 344 g/mol. The summed E-state index contributed by atoms with van der Waals surface area (Å²) in [6.07, 6.45) is 7.08. The van der Waals surface area contributed by atoms with Crippen LogP contribution in [0, 0.1) is 11.3 Å². The topological polar surface area (TPSA) is 65.7 Å². The predicted molar refractivity (Wildman–Crippen MR) is 82.9 cm³/mol. The number of piperidine rings is 1. The number of nitrogens with zero attached hydrogens (tertiary/aromatic N) is 5. The van der Waals surface area contributed by atoms with Gasteiger partial charge in [0, 0.05) is 37.1 Å². The molecule has 3 rings (SSSR count). The van der Waals surface area contributed by atoms with Crippen molar-refractivity contribution in [3.8, 4) is 6.07 Å². The van der Waals surface area contributed by atoms with Gasteiger partial charge < -0.3 is 4.90 Å². The lowest BCUT2D eigenvalue weighted by Crippen LogP contribution is -2.34. The van der Waals surface area contributed by atoms with Crippen LogP contribution in [0.1, 0.15) is 30.0 Å². The van der Waals surface area contributed by atoms with Crippen LogP contribution in [0.25, 0.3) is 0 Å². The molecule has 1 fully saturated rings. The molecule has 1 aliphatic rings. The van der Waals surface area contributed by atoms with Crippen molar-refractivity contribution >= 4 is 21.7 Å². The standard InChI is InChI=1S/C15H14BrN5/c16-13-9-18-10-20-15(13)21-5-3-12(4-6-21)14-2-1-11(7-17)8-19-14/h1-2,8-10,12H,3-6H2. The second kappa shape index (κ2) is 6.19. The van der Waals surface area contributed by atoms with E-state index in [-0.39, 0.29) is 0 Å². The quantitative estimate of drug-likeness (QED) is 0.838. The molecular weight excluding hydrogens is 330 g/mol. The van der Waals surface area contributed by atoms with E-state index in [9.17, 15) is 0 Å². The number of hydrogen-bond donors (Lipinski definition) is 0. The maximum absolute atomic E-state index is 8.81. The van der Waals surface area contributed by atoms with E-state index in [4.69, 9.17) is 5.26 Å². The fourth-order valence-electron chi connectivity index (χ4n) is 2.64. The third kappa shape index (κ3) is 3.03. The van der Waals surface area contributed by atoms with Crippen LogP contribution < -0.4 is 4.90 Å². The van der Waals surface area contributed by atoms with Crippen molar-refractivity contribution in [1.82, 2.24) is 15.0 Å². The smallest absolute Gasteiger partial charge is 0.146 e. The average Bonchev–Trinajstić information content (AvgIpc) is 2.56. The summed E-state index contributed by atoms with van der Waals surface area (Å²) < 4.78 is 0.931. The molecule has 0 radical (unpaired) electrons. The largest absolute Gasteiger partial charge is 0.356 e. The van der Waals surface area contributed by atoms with Crippen LogP contribution in [0.3, 0.4) is 0 Å². The van der Waals surface area contributed by atoms with E-state index in [2.05, 4.69) is 41.9 Å². The lowest BCUT2D eigenvalue weighted by atomic mass is 9.93. The van der Waals surface area contributed by atoms with Gasteiger partial charge in [0.25, 0.3) is 0 Å². The molecule has 0 aromatic carbocycles. The van der Waals surface area contributed by atoms with Crippen LogP contribution in [-0.4, -0.2) is 28.0 Å². The third-order valence-electron chi connectivity index (χ3n) is 3.78. The van der Waals surface area contributed by atoms with Crippen LogP contribution in [0.15, 0.2) is 35.3 Å². The van der Waals surface area contributed by atoms with Gasteiger partial charge in [0.15, 0.2) is 0 Å². The third-order valence-corrected chi connectivity index (χ3v) is 4.34. The number of hydrogen-bond acceptors (Lipinski definition) is 5. The van der Waals surface area contributed by atoms with Crippen molar-refractivity contribution in [3.63, 3.8) is 0 Å². The van der Waals surface area contributed by atoms with Crippen LogP contribution in [-0.2, 0) is 0 Å². The zero-order valence-corrected chi connectivity index (χ0v) is 13.0. The molecule has 0 amide bonds. The molecule has 0 N–H and O–H groups in total. The van der Waals surface area contributed by atoms with Gasteiger partial charge in [-0.1, -0.05) is 0 Å². The Morgan fingerprint density at radius 1 is 1.19 bits per heavy atom. The first kappa shape index (κ1) is 14.0. The van der Waals surface area contributed by atoms with Crippen molar-refractivity contribution in [3.05, 3.63) is 46.6 Å². The molecule has 5 nitrogen and oxygen atoms in total. The first-order valence-electron chi connectivity index (χ1n) is 6.84. The van der Waals surface area contributed by atoms with Crippen molar-refractivity contribution in [2.75, 3.05) is 18.0 Å². The molecule has 0 unspecified atom stereocenters. The Balaban J connectivity index is 1.67. The lowest BCUT2D eigenvalue weighted by molar-refractivity contribution is 0.493. The summed E-state index contributed by atoms with van der Waals surface area (Å²) in [6, 6.07) is 5.92. The van der Waals surface area contributed by atoms with E-state index >= 15 is 0 Å². The van der Waals surface area contributed by atoms with E-state index in [1.54, 1.807) is 18.7 Å². The van der Waals surface area contributed by atoms with Gasteiger partial charge in [0.1, 0.15) is 18.2 Å². The van der Waals surface area contributed by atoms with Gasteiger partial charge in [0.05, 0.1) is 10.0 Å². The molecule has 0 aliphatic carbocycles. The number of anilines is 1. The van der Waals surface area contributed by atoms with Crippen molar-refractivity contribution in [2.24, 2.45) is 0 Å². The number of aromatic nitrogens is 3. The summed E-state index contributed by atoms with van der Waals surface area (Å²) in [4.78, 5) is 15.0. The highest BCUT2D eigenvalue weighted by molar-refractivity contribution is 9.10. The van der Waals surface area contributed by atoms with Gasteiger partial charge >= 0.3 is 0 Å². The first-order valence-corrected chi connectivity index (χ1v) is 7.63. The highest BCUT2D eigenvalue weighted by Gasteiger charge is 2.23. The van der Waals surface area contributed by atoms with Crippen LogP contribution >= 0.6 is 15.9 Å². The van der Waals surface area contributed by atoms with E-state index in [0.717, 1.165) is 41.9 Å². The zero-order valence-electron chi connectivity index (χ0n) is 11.4. The highest BCUT2D eigenvalue weighted by Crippen LogP contribution is 2.31. The van der Waals surface area contributed by atoms with E-state index in [1.807, 2.05) is 12.1 Å². The normalized spacial score (nSPS) is 15.7. The van der Waals surface area contributed by atoms with Gasteiger partial charge in [0.2, 0.25) is 0 Å². The molecule has 0 bridgehead atoms. The van der Waals surface area contributed by atoms with Gasteiger partial charge in [-0.05, 0) is 40.9 Å². The molecule has 0 spiro atoms. The first-order chi connectivity index (χ1) is 10.3. The molecule has 1 aliphatic heterocycles. The van der Waals surface area contributed by atoms with Crippen LogP contribution in [0.5, 0.6) is 0 Å². The number of nitriles is 1. The number of rotatable bonds is 2. The van der Waals surface area contributed by atoms with Gasteiger partial charge in [-0.25, -0.2) is 9.97 Å². The number of halogens is 1. The Hall–Kier alpha value is -2.00. The molecular formula is C15H14BrN5. The maximum Gasteiger partial charge on any atom is 0.146 e. The summed E-state index contributed by atoms with van der Waals surface area (Å²) in [5.74, 6) is 1.41. The Morgan fingerprint density at radius 2 is 2.00 bits per heavy atom. The minimum absolute atomic E-state index is 0.453. The van der Waals surface area contributed by atoms with E-state index < -0.39 is 0 Å². The minimum atomic E-state index is 0.453. The Bertz CT molecular complexity index is 657. The molecule has 3 heterocycles. The second-order valence-corrected chi connectivity index (χ2v) is 5.89. The predicted octanol–water partition coefficient (Wildman–Crippen LogP) is 2.89. The van der Waals surface area contributed by atoms with Gasteiger partial charge in [-0.2, -0.15) is 5.26 Å². The summed E-state index contributed by atoms with van der Waals surface area (Å²) >= 11 is 3.50. The lowest BCUT2D eigenvalue weighted by Gasteiger charge is -2.32. The summed E-state index contributed by atoms with van der Waals surface area (Å²) in [5, 5.41) is 8.81. The molecule has 2 aromatic heterocycles. The molecule has 0 saturated carbocycles. The van der Waals surface area contributed by atoms with Crippen molar-refractivity contribution < 1.29 is 0 Å². The second-order valence-electron chi connectivity index (χ2n) is 5.04. The zero-order chi connectivity index (χ0) is 14.7. The molecule has 0 atom stereocenters. The van der Waals surface area contributed by atoms with Crippen molar-refractivity contribution in [2.45, 2.75) is 18.8 Å². The molecule has 6 heteroatoms. The van der Waals surface area contributed by atoms with Crippen LogP contribution in [0.4, 0.5) is 5.82 Å². The van der Waals surface area contributed by atoms with E-state index in [1.165, 1.54) is 0 Å². The summed E-state index contributed by atoms with van der Waals surface area (Å²) in [5.41, 5.74) is 1.69. The fourth-order valence-corrected chi connectivity index (χ4v) is 3.11. The highest BCUT2D eigenvalue weighted by atomic mass is 79.9. The van der Waals surface area contributed by atoms with E-state index in [0.29, 0.717) is 11.5 Å². The van der Waals surface area contributed by atoms with Crippen molar-refractivity contribution in [1.29, 1.82) is 5.26 Å². The Kier molecular flexibility index (Phi) is 4.11. The molecule has 2 aromatic rings. The summed E-state index contributed by atoms with van der Waals surface area (Å²) in [6.45, 7) is 1.89. The minimum Gasteiger partial charge on any atom is -0.356 e. The number of pyridine rings is 1. The van der Waals surface area contributed by atoms with Gasteiger partial charge in [-0.15, -0.1) is 0 Å². The molecule has 21 heavy (non-hydrogen) atoms. The summed E-state index contributed by atoms with van der Waals surface area (Å²) in [7, 11) is 0. The Labute approximate surface area is 131 Å². The fraction of sp³-hybridized carbons (Fsp3) is 0.333. The maximum atomic E-state index is 8.81. The SMILES string of the molecule is N#Cc1ccc(C2CCN(c3ncncc3Br)CC2)nc1. The Morgan fingerprint density at radius 3 is 2.62 bits per heavy atom. The molecule has 106 valence electrons. The van der Waals surface area contributed by atoms with Gasteiger partial charge in [-0.3, -0.25) is 4.98 Å². The monoisotopic (exact) mass is 343 g/mol. The molecule has 1 saturated heterocycles.